The Morgan fingerprint density at radius 1 is 1.56 bits per heavy atom. The standard InChI is InChI=1S/C12H24N2O2/c1-12(2,16)9-14(3)11(15)5-4-10-6-7-13-8-10/h10,13,16H,4-9H2,1-3H3. The number of nitrogens with zero attached hydrogens (tertiary/aromatic N) is 1. The molecule has 0 saturated carbocycles. The van der Waals surface area contributed by atoms with Crippen molar-refractivity contribution < 1.29 is 9.90 Å². The van der Waals surface area contributed by atoms with Crippen LogP contribution in [0.2, 0.25) is 0 Å². The van der Waals surface area contributed by atoms with Crippen LogP contribution in [-0.4, -0.2) is 48.2 Å². The molecule has 1 aliphatic heterocycles. The highest BCUT2D eigenvalue weighted by Crippen LogP contribution is 2.15. The van der Waals surface area contributed by atoms with Crippen molar-refractivity contribution in [2.45, 2.75) is 38.7 Å². The summed E-state index contributed by atoms with van der Waals surface area (Å²) < 4.78 is 0. The van der Waals surface area contributed by atoms with E-state index >= 15 is 0 Å². The Morgan fingerprint density at radius 2 is 2.25 bits per heavy atom. The van der Waals surface area contributed by atoms with Crippen LogP contribution in [-0.2, 0) is 4.79 Å². The van der Waals surface area contributed by atoms with Gasteiger partial charge in [-0.3, -0.25) is 4.79 Å². The van der Waals surface area contributed by atoms with Crippen molar-refractivity contribution in [3.8, 4) is 0 Å². The molecule has 1 heterocycles. The lowest BCUT2D eigenvalue weighted by Crippen LogP contribution is -2.39. The molecular weight excluding hydrogens is 204 g/mol. The molecule has 16 heavy (non-hydrogen) atoms. The highest BCUT2D eigenvalue weighted by atomic mass is 16.3. The van der Waals surface area contributed by atoms with Crippen molar-refractivity contribution >= 4 is 5.91 Å². The summed E-state index contributed by atoms with van der Waals surface area (Å²) in [5.74, 6) is 0.786. The summed E-state index contributed by atoms with van der Waals surface area (Å²) in [6.45, 7) is 5.96. The fraction of sp³-hybridized carbons (Fsp3) is 0.917. The first-order valence-corrected chi connectivity index (χ1v) is 6.05. The predicted octanol–water partition coefficient (Wildman–Crippen LogP) is 0.605. The number of amides is 1. The molecule has 1 unspecified atom stereocenters. The highest BCUT2D eigenvalue weighted by Gasteiger charge is 2.21. The van der Waals surface area contributed by atoms with Gasteiger partial charge in [-0.05, 0) is 45.7 Å². The minimum atomic E-state index is -0.806. The van der Waals surface area contributed by atoms with E-state index in [0.29, 0.717) is 18.9 Å². The molecule has 0 aromatic rings. The summed E-state index contributed by atoms with van der Waals surface area (Å²) in [4.78, 5) is 13.4. The summed E-state index contributed by atoms with van der Waals surface area (Å²) in [6, 6.07) is 0. The van der Waals surface area contributed by atoms with Crippen LogP contribution in [0.1, 0.15) is 33.1 Å². The Hall–Kier alpha value is -0.610. The third kappa shape index (κ3) is 4.94. The van der Waals surface area contributed by atoms with Crippen LogP contribution in [0.25, 0.3) is 0 Å². The first-order chi connectivity index (χ1) is 7.38. The molecule has 1 atom stereocenters. The van der Waals surface area contributed by atoms with Gasteiger partial charge in [0.15, 0.2) is 0 Å². The molecular formula is C12H24N2O2. The predicted molar refractivity (Wildman–Crippen MR) is 64.1 cm³/mol. The molecule has 0 aliphatic carbocycles. The van der Waals surface area contributed by atoms with Gasteiger partial charge in [0.1, 0.15) is 0 Å². The van der Waals surface area contributed by atoms with Crippen molar-refractivity contribution in [3.63, 3.8) is 0 Å². The van der Waals surface area contributed by atoms with Crippen molar-refractivity contribution in [2.24, 2.45) is 5.92 Å². The third-order valence-electron chi connectivity index (χ3n) is 2.98. The monoisotopic (exact) mass is 228 g/mol. The average Bonchev–Trinajstić information content (AvgIpc) is 2.63. The summed E-state index contributed by atoms with van der Waals surface area (Å²) >= 11 is 0. The van der Waals surface area contributed by atoms with Crippen molar-refractivity contribution in [1.82, 2.24) is 10.2 Å². The maximum Gasteiger partial charge on any atom is 0.222 e. The second kappa shape index (κ2) is 5.64. The minimum Gasteiger partial charge on any atom is -0.389 e. The fourth-order valence-corrected chi connectivity index (χ4v) is 2.15. The number of nitrogens with one attached hydrogen (secondary N) is 1. The van der Waals surface area contributed by atoms with Crippen LogP contribution in [0.4, 0.5) is 0 Å². The molecule has 0 bridgehead atoms. The average molecular weight is 228 g/mol. The maximum absolute atomic E-state index is 11.8. The van der Waals surface area contributed by atoms with E-state index in [-0.39, 0.29) is 5.91 Å². The zero-order valence-corrected chi connectivity index (χ0v) is 10.6. The summed E-state index contributed by atoms with van der Waals surface area (Å²) in [7, 11) is 1.76. The Labute approximate surface area is 98.0 Å². The van der Waals surface area contributed by atoms with Crippen LogP contribution in [0.3, 0.4) is 0 Å². The van der Waals surface area contributed by atoms with Gasteiger partial charge in [-0.15, -0.1) is 0 Å². The third-order valence-corrected chi connectivity index (χ3v) is 2.98. The zero-order valence-electron chi connectivity index (χ0n) is 10.6. The van der Waals surface area contributed by atoms with Gasteiger partial charge in [0, 0.05) is 20.0 Å². The lowest BCUT2D eigenvalue weighted by Gasteiger charge is -2.25. The van der Waals surface area contributed by atoms with Crippen molar-refractivity contribution in [3.05, 3.63) is 0 Å². The van der Waals surface area contributed by atoms with Crippen LogP contribution in [0.5, 0.6) is 0 Å². The number of aliphatic hydroxyl groups is 1. The molecule has 1 saturated heterocycles. The lowest BCUT2D eigenvalue weighted by molar-refractivity contribution is -0.132. The SMILES string of the molecule is CN(CC(C)(C)O)C(=O)CCC1CCNC1. The number of rotatable bonds is 5. The number of hydrogen-bond acceptors (Lipinski definition) is 3. The van der Waals surface area contributed by atoms with Crippen LogP contribution in [0, 0.1) is 5.92 Å². The first-order valence-electron chi connectivity index (χ1n) is 6.05. The van der Waals surface area contributed by atoms with Crippen LogP contribution in [0.15, 0.2) is 0 Å². The Kier molecular flexibility index (Phi) is 4.74. The van der Waals surface area contributed by atoms with E-state index in [1.165, 1.54) is 6.42 Å². The lowest BCUT2D eigenvalue weighted by atomic mass is 10.0. The fourth-order valence-electron chi connectivity index (χ4n) is 2.15. The van der Waals surface area contributed by atoms with Gasteiger partial charge in [0.05, 0.1) is 5.60 Å². The van der Waals surface area contributed by atoms with E-state index in [1.54, 1.807) is 25.8 Å². The van der Waals surface area contributed by atoms with E-state index in [1.807, 2.05) is 0 Å². The summed E-state index contributed by atoms with van der Waals surface area (Å²) in [6.07, 6.45) is 2.74. The minimum absolute atomic E-state index is 0.133. The second-order valence-corrected chi connectivity index (χ2v) is 5.46. The highest BCUT2D eigenvalue weighted by molar-refractivity contribution is 5.75. The first kappa shape index (κ1) is 13.5. The quantitative estimate of drug-likeness (QED) is 0.725. The van der Waals surface area contributed by atoms with Crippen LogP contribution >= 0.6 is 0 Å². The molecule has 1 fully saturated rings. The molecule has 0 radical (unpaired) electrons. The van der Waals surface area contributed by atoms with E-state index in [9.17, 15) is 9.90 Å². The van der Waals surface area contributed by atoms with Gasteiger partial charge in [-0.25, -0.2) is 0 Å². The van der Waals surface area contributed by atoms with E-state index in [2.05, 4.69) is 5.32 Å². The molecule has 4 heteroatoms. The molecule has 0 aromatic heterocycles. The maximum atomic E-state index is 11.8. The second-order valence-electron chi connectivity index (χ2n) is 5.46. The summed E-state index contributed by atoms with van der Waals surface area (Å²) in [5, 5.41) is 12.9. The number of hydrogen-bond donors (Lipinski definition) is 2. The van der Waals surface area contributed by atoms with Gasteiger partial charge in [0.25, 0.3) is 0 Å². The van der Waals surface area contributed by atoms with Gasteiger partial charge >= 0.3 is 0 Å². The largest absolute Gasteiger partial charge is 0.389 e. The molecule has 1 aliphatic rings. The Morgan fingerprint density at radius 3 is 2.75 bits per heavy atom. The molecule has 94 valence electrons. The van der Waals surface area contributed by atoms with Crippen molar-refractivity contribution in [1.29, 1.82) is 0 Å². The van der Waals surface area contributed by atoms with E-state index in [4.69, 9.17) is 0 Å². The topological polar surface area (TPSA) is 52.6 Å². The number of carbonyl (C=O) groups is 1. The zero-order chi connectivity index (χ0) is 12.2. The number of likely N-dealkylation sites (N-methyl/N-ethyl adjacent to an activating group) is 1. The molecule has 4 nitrogen and oxygen atoms in total. The Bertz CT molecular complexity index is 230. The summed E-state index contributed by atoms with van der Waals surface area (Å²) in [5.41, 5.74) is -0.806. The van der Waals surface area contributed by atoms with E-state index < -0.39 is 5.60 Å². The molecule has 2 N–H and O–H groups in total. The van der Waals surface area contributed by atoms with Crippen LogP contribution < -0.4 is 5.32 Å². The molecule has 0 spiro atoms. The van der Waals surface area contributed by atoms with Gasteiger partial charge < -0.3 is 15.3 Å². The van der Waals surface area contributed by atoms with Gasteiger partial charge in [0.2, 0.25) is 5.91 Å². The van der Waals surface area contributed by atoms with E-state index in [0.717, 1.165) is 19.5 Å². The molecule has 0 aromatic carbocycles. The number of carbonyl (C=O) groups excluding carboxylic acids is 1. The smallest absolute Gasteiger partial charge is 0.222 e. The Balaban J connectivity index is 2.23. The molecule has 1 rings (SSSR count). The molecule has 1 amide bonds. The van der Waals surface area contributed by atoms with Crippen molar-refractivity contribution in [2.75, 3.05) is 26.7 Å². The normalized spacial score (nSPS) is 21.1. The van der Waals surface area contributed by atoms with Gasteiger partial charge in [-0.2, -0.15) is 0 Å². The van der Waals surface area contributed by atoms with Gasteiger partial charge in [-0.1, -0.05) is 0 Å².